The number of nitrogens with one attached hydrogen (secondary N) is 1. The fourth-order valence-corrected chi connectivity index (χ4v) is 4.59. The molecule has 5 nitrogen and oxygen atoms in total. The number of imide groups is 1. The van der Waals surface area contributed by atoms with Crippen molar-refractivity contribution in [2.75, 3.05) is 0 Å². The summed E-state index contributed by atoms with van der Waals surface area (Å²) in [6, 6.07) is 12.1. The van der Waals surface area contributed by atoms with E-state index in [1.807, 2.05) is 24.3 Å². The second-order valence-electron chi connectivity index (χ2n) is 6.15. The Labute approximate surface area is 163 Å². The van der Waals surface area contributed by atoms with Gasteiger partial charge in [-0.15, -0.1) is 11.3 Å². The van der Waals surface area contributed by atoms with Crippen molar-refractivity contribution in [2.24, 2.45) is 0 Å². The van der Waals surface area contributed by atoms with Crippen LogP contribution in [0.5, 0.6) is 0 Å². The molecule has 0 unspecified atom stereocenters. The molecule has 0 spiro atoms. The number of rotatable bonds is 3. The van der Waals surface area contributed by atoms with Crippen molar-refractivity contribution >= 4 is 56.7 Å². The standard InChI is InChI=1S/C18H13Cl2N3O2S/c1-18(11-7-6-10(19)8-12(11)20)16(24)23(17(25)22-18)9-15-21-13-4-2-3-5-14(13)26-15/h2-8H,9H2,1H3,(H,22,25)/t18-/m0/s1. The van der Waals surface area contributed by atoms with Crippen molar-refractivity contribution < 1.29 is 9.59 Å². The van der Waals surface area contributed by atoms with Crippen LogP contribution in [0.2, 0.25) is 10.0 Å². The molecule has 2 aromatic carbocycles. The maximum absolute atomic E-state index is 13.0. The highest BCUT2D eigenvalue weighted by Gasteiger charge is 2.50. The monoisotopic (exact) mass is 405 g/mol. The van der Waals surface area contributed by atoms with Crippen molar-refractivity contribution in [3.63, 3.8) is 0 Å². The molecule has 1 fully saturated rings. The highest BCUT2D eigenvalue weighted by atomic mass is 35.5. The maximum Gasteiger partial charge on any atom is 0.325 e. The van der Waals surface area contributed by atoms with Gasteiger partial charge in [0.25, 0.3) is 5.91 Å². The Bertz CT molecular complexity index is 1020. The number of thiazole rings is 1. The Kier molecular flexibility index (Phi) is 4.14. The average molecular weight is 406 g/mol. The predicted octanol–water partition coefficient (Wildman–Crippen LogP) is 4.57. The molecule has 1 aliphatic rings. The third kappa shape index (κ3) is 2.74. The minimum Gasteiger partial charge on any atom is -0.319 e. The molecule has 1 N–H and O–H groups in total. The average Bonchev–Trinajstić information content (AvgIpc) is 3.09. The Morgan fingerprint density at radius 2 is 1.96 bits per heavy atom. The van der Waals surface area contributed by atoms with E-state index in [2.05, 4.69) is 10.3 Å². The summed E-state index contributed by atoms with van der Waals surface area (Å²) in [7, 11) is 0. The first-order chi connectivity index (χ1) is 12.4. The van der Waals surface area contributed by atoms with Gasteiger partial charge in [-0.1, -0.05) is 41.4 Å². The summed E-state index contributed by atoms with van der Waals surface area (Å²) in [6.45, 7) is 1.76. The molecular weight excluding hydrogens is 393 g/mol. The molecule has 0 radical (unpaired) electrons. The van der Waals surface area contributed by atoms with E-state index in [9.17, 15) is 9.59 Å². The molecule has 0 aliphatic carbocycles. The van der Waals surface area contributed by atoms with Crippen LogP contribution in [0.1, 0.15) is 17.5 Å². The van der Waals surface area contributed by atoms with Crippen LogP contribution in [-0.4, -0.2) is 21.8 Å². The summed E-state index contributed by atoms with van der Waals surface area (Å²) in [5.74, 6) is -0.369. The van der Waals surface area contributed by atoms with Crippen LogP contribution in [0, 0.1) is 0 Å². The SMILES string of the molecule is C[C@@]1(c2ccc(Cl)cc2Cl)NC(=O)N(Cc2nc3ccccc3s2)C1=O. The van der Waals surface area contributed by atoms with Crippen LogP contribution < -0.4 is 5.32 Å². The molecule has 2 heterocycles. The highest BCUT2D eigenvalue weighted by molar-refractivity contribution is 7.18. The molecule has 3 amide bonds. The van der Waals surface area contributed by atoms with Crippen molar-refractivity contribution in [1.82, 2.24) is 15.2 Å². The molecule has 0 bridgehead atoms. The molecule has 8 heteroatoms. The first-order valence-corrected chi connectivity index (χ1v) is 9.40. The minimum atomic E-state index is -1.24. The second kappa shape index (κ2) is 6.23. The number of hydrogen-bond acceptors (Lipinski definition) is 4. The normalized spacial score (nSPS) is 20.0. The summed E-state index contributed by atoms with van der Waals surface area (Å²) in [5, 5.41) is 4.24. The number of urea groups is 1. The number of para-hydroxylation sites is 1. The predicted molar refractivity (Wildman–Crippen MR) is 103 cm³/mol. The Morgan fingerprint density at radius 1 is 1.19 bits per heavy atom. The van der Waals surface area contributed by atoms with E-state index in [0.717, 1.165) is 10.2 Å². The zero-order chi connectivity index (χ0) is 18.5. The van der Waals surface area contributed by atoms with Crippen LogP contribution >= 0.6 is 34.5 Å². The molecule has 1 atom stereocenters. The van der Waals surface area contributed by atoms with E-state index in [4.69, 9.17) is 23.2 Å². The topological polar surface area (TPSA) is 62.3 Å². The molecule has 3 aromatic rings. The number of aromatic nitrogens is 1. The smallest absolute Gasteiger partial charge is 0.319 e. The number of halogens is 2. The summed E-state index contributed by atoms with van der Waals surface area (Å²) >= 11 is 13.7. The maximum atomic E-state index is 13.0. The van der Waals surface area contributed by atoms with Gasteiger partial charge in [-0.2, -0.15) is 0 Å². The Balaban J connectivity index is 1.66. The van der Waals surface area contributed by atoms with E-state index in [0.29, 0.717) is 20.6 Å². The molecule has 26 heavy (non-hydrogen) atoms. The molecule has 132 valence electrons. The van der Waals surface area contributed by atoms with Gasteiger partial charge in [-0.3, -0.25) is 9.69 Å². The van der Waals surface area contributed by atoms with E-state index >= 15 is 0 Å². The summed E-state index contributed by atoms with van der Waals surface area (Å²) in [5.41, 5.74) is 0.117. The van der Waals surface area contributed by atoms with Gasteiger partial charge in [0, 0.05) is 15.6 Å². The number of benzene rings is 2. The summed E-state index contributed by atoms with van der Waals surface area (Å²) in [6.07, 6.45) is 0. The lowest BCUT2D eigenvalue weighted by Crippen LogP contribution is -2.41. The van der Waals surface area contributed by atoms with Crippen LogP contribution in [0.25, 0.3) is 10.2 Å². The van der Waals surface area contributed by atoms with E-state index < -0.39 is 11.6 Å². The van der Waals surface area contributed by atoms with Crippen LogP contribution in [0.3, 0.4) is 0 Å². The van der Waals surface area contributed by atoms with Crippen LogP contribution in [-0.2, 0) is 16.9 Å². The van der Waals surface area contributed by atoms with E-state index in [-0.39, 0.29) is 12.5 Å². The first-order valence-electron chi connectivity index (χ1n) is 7.82. The molecular formula is C18H13Cl2N3O2S. The second-order valence-corrected chi connectivity index (χ2v) is 8.10. The quantitative estimate of drug-likeness (QED) is 0.649. The van der Waals surface area contributed by atoms with E-state index in [1.165, 1.54) is 16.2 Å². The largest absolute Gasteiger partial charge is 0.325 e. The van der Waals surface area contributed by atoms with Crippen LogP contribution in [0.4, 0.5) is 4.79 Å². The third-order valence-electron chi connectivity index (χ3n) is 4.38. The van der Waals surface area contributed by atoms with Gasteiger partial charge in [-0.25, -0.2) is 9.78 Å². The van der Waals surface area contributed by atoms with Crippen molar-refractivity contribution in [2.45, 2.75) is 19.0 Å². The lowest BCUT2D eigenvalue weighted by atomic mass is 9.92. The summed E-state index contributed by atoms with van der Waals surface area (Å²) in [4.78, 5) is 31.2. The van der Waals surface area contributed by atoms with Gasteiger partial charge in [0.15, 0.2) is 0 Å². The van der Waals surface area contributed by atoms with Crippen molar-refractivity contribution in [1.29, 1.82) is 0 Å². The summed E-state index contributed by atoms with van der Waals surface area (Å²) < 4.78 is 1.01. The number of carbonyl (C=O) groups excluding carboxylic acids is 2. The number of nitrogens with zero attached hydrogens (tertiary/aromatic N) is 2. The Morgan fingerprint density at radius 3 is 2.69 bits per heavy atom. The fourth-order valence-electron chi connectivity index (χ4n) is 3.04. The van der Waals surface area contributed by atoms with Crippen molar-refractivity contribution in [3.05, 3.63) is 63.1 Å². The zero-order valence-corrected chi connectivity index (χ0v) is 16.0. The molecule has 1 saturated heterocycles. The number of fused-ring (bicyclic) bond motifs is 1. The molecule has 1 aromatic heterocycles. The molecule has 0 saturated carbocycles. The van der Waals surface area contributed by atoms with E-state index in [1.54, 1.807) is 25.1 Å². The minimum absolute atomic E-state index is 0.116. The molecule has 4 rings (SSSR count). The first kappa shape index (κ1) is 17.3. The van der Waals surface area contributed by atoms with Gasteiger partial charge in [-0.05, 0) is 31.2 Å². The fraction of sp³-hybridized carbons (Fsp3) is 0.167. The van der Waals surface area contributed by atoms with Gasteiger partial charge in [0.05, 0.1) is 16.8 Å². The lowest BCUT2D eigenvalue weighted by Gasteiger charge is -2.23. The Hall–Kier alpha value is -2.15. The van der Waals surface area contributed by atoms with Gasteiger partial charge in [0.2, 0.25) is 0 Å². The highest BCUT2D eigenvalue weighted by Crippen LogP contribution is 2.36. The molecule has 1 aliphatic heterocycles. The number of carbonyl (C=O) groups is 2. The van der Waals surface area contributed by atoms with Gasteiger partial charge < -0.3 is 5.32 Å². The zero-order valence-electron chi connectivity index (χ0n) is 13.6. The van der Waals surface area contributed by atoms with Crippen molar-refractivity contribution in [3.8, 4) is 0 Å². The van der Waals surface area contributed by atoms with Gasteiger partial charge >= 0.3 is 6.03 Å². The lowest BCUT2D eigenvalue weighted by molar-refractivity contribution is -0.131. The number of hydrogen-bond donors (Lipinski definition) is 1. The number of amides is 3. The van der Waals surface area contributed by atoms with Crippen LogP contribution in [0.15, 0.2) is 42.5 Å². The van der Waals surface area contributed by atoms with Gasteiger partial charge in [0.1, 0.15) is 10.5 Å². The third-order valence-corrected chi connectivity index (χ3v) is 5.95.